The van der Waals surface area contributed by atoms with Crippen LogP contribution in [0.1, 0.15) is 42.6 Å². The number of nitrogens with zero attached hydrogens (tertiary/aromatic N) is 3. The second kappa shape index (κ2) is 8.70. The Bertz CT molecular complexity index is 500. The maximum atomic E-state index is 12.2. The molecule has 1 unspecified atom stereocenters. The Labute approximate surface area is 135 Å². The van der Waals surface area contributed by atoms with E-state index in [9.17, 15) is 9.59 Å². The van der Waals surface area contributed by atoms with Crippen LogP contribution in [-0.4, -0.2) is 39.4 Å². The number of nitrogens with two attached hydrogens (primary N) is 2. The molecule has 0 saturated heterocycles. The molecule has 2 rings (SSSR count). The number of amides is 2. The molecule has 1 heterocycles. The van der Waals surface area contributed by atoms with E-state index >= 15 is 0 Å². The summed E-state index contributed by atoms with van der Waals surface area (Å²) in [6.45, 7) is 0.315. The Morgan fingerprint density at radius 1 is 1.36 bits per heavy atom. The molecule has 5 N–H and O–H groups in total. The molecule has 0 radical (unpaired) electrons. The van der Waals surface area contributed by atoms with Crippen LogP contribution in [0, 0.1) is 5.92 Å². The number of primary amides is 1. The fraction of sp³-hybridized carbons (Fsp3) is 0.692. The van der Waals surface area contributed by atoms with Crippen molar-refractivity contribution in [2.45, 2.75) is 44.7 Å². The number of nitrogens with one attached hydrogen (secondary N) is 1. The Hall–Kier alpha value is -1.67. The molecule has 1 aliphatic carbocycles. The van der Waals surface area contributed by atoms with E-state index in [1.807, 2.05) is 0 Å². The average molecular weight is 331 g/mol. The van der Waals surface area contributed by atoms with E-state index in [-0.39, 0.29) is 36.6 Å². The summed E-state index contributed by atoms with van der Waals surface area (Å²) < 4.78 is 1.25. The van der Waals surface area contributed by atoms with Crippen molar-refractivity contribution in [2.24, 2.45) is 17.4 Å². The SMILES string of the molecule is Cl.NCC(NC(=O)c1cn(CC(N)=O)nn1)C1CCCCC1. The summed E-state index contributed by atoms with van der Waals surface area (Å²) in [5.41, 5.74) is 11.0. The smallest absolute Gasteiger partial charge is 0.273 e. The van der Waals surface area contributed by atoms with E-state index in [4.69, 9.17) is 11.5 Å². The summed E-state index contributed by atoms with van der Waals surface area (Å²) in [5.74, 6) is -0.422. The lowest BCUT2D eigenvalue weighted by Crippen LogP contribution is -2.46. The van der Waals surface area contributed by atoms with Gasteiger partial charge in [-0.2, -0.15) is 0 Å². The lowest BCUT2D eigenvalue weighted by molar-refractivity contribution is -0.118. The lowest BCUT2D eigenvalue weighted by atomic mass is 9.84. The number of aromatic nitrogens is 3. The van der Waals surface area contributed by atoms with Crippen LogP contribution >= 0.6 is 12.4 Å². The predicted molar refractivity (Wildman–Crippen MR) is 83.3 cm³/mol. The largest absolute Gasteiger partial charge is 0.368 e. The van der Waals surface area contributed by atoms with Crippen LogP contribution in [0.15, 0.2) is 6.20 Å². The number of carbonyl (C=O) groups excluding carboxylic acids is 2. The van der Waals surface area contributed by atoms with E-state index in [0.717, 1.165) is 12.8 Å². The van der Waals surface area contributed by atoms with Crippen molar-refractivity contribution in [1.82, 2.24) is 20.3 Å². The van der Waals surface area contributed by atoms with Crippen molar-refractivity contribution in [3.63, 3.8) is 0 Å². The predicted octanol–water partition coefficient (Wildman–Crippen LogP) is -0.177. The summed E-state index contributed by atoms with van der Waals surface area (Å²) in [5, 5.41) is 10.4. The fourth-order valence-corrected chi connectivity index (χ4v) is 2.79. The van der Waals surface area contributed by atoms with Gasteiger partial charge in [0.15, 0.2) is 5.69 Å². The number of rotatable bonds is 6. The highest BCUT2D eigenvalue weighted by molar-refractivity contribution is 5.92. The molecule has 2 amide bonds. The molecule has 22 heavy (non-hydrogen) atoms. The topological polar surface area (TPSA) is 129 Å². The third-order valence-corrected chi connectivity index (χ3v) is 3.88. The first-order valence-corrected chi connectivity index (χ1v) is 7.29. The summed E-state index contributed by atoms with van der Waals surface area (Å²) in [6.07, 6.45) is 7.22. The van der Waals surface area contributed by atoms with Crippen molar-refractivity contribution in [3.05, 3.63) is 11.9 Å². The lowest BCUT2D eigenvalue weighted by Gasteiger charge is -2.29. The molecule has 9 heteroatoms. The molecule has 0 spiro atoms. The third kappa shape index (κ3) is 4.96. The van der Waals surface area contributed by atoms with Crippen LogP contribution in [0.3, 0.4) is 0 Å². The van der Waals surface area contributed by atoms with Crippen LogP contribution in [0.4, 0.5) is 0 Å². The minimum atomic E-state index is -0.533. The highest BCUT2D eigenvalue weighted by atomic mass is 35.5. The normalized spacial score (nSPS) is 16.6. The van der Waals surface area contributed by atoms with Crippen LogP contribution < -0.4 is 16.8 Å². The zero-order valence-corrected chi connectivity index (χ0v) is 13.2. The Morgan fingerprint density at radius 2 is 2.05 bits per heavy atom. The van der Waals surface area contributed by atoms with E-state index in [1.54, 1.807) is 0 Å². The number of carbonyl (C=O) groups is 2. The quantitative estimate of drug-likeness (QED) is 0.666. The average Bonchev–Trinajstić information content (AvgIpc) is 2.93. The van der Waals surface area contributed by atoms with Gasteiger partial charge in [0, 0.05) is 12.6 Å². The number of hydrogen-bond acceptors (Lipinski definition) is 5. The van der Waals surface area contributed by atoms with Gasteiger partial charge in [-0.25, -0.2) is 4.68 Å². The van der Waals surface area contributed by atoms with Gasteiger partial charge in [0.1, 0.15) is 6.54 Å². The fourth-order valence-electron chi connectivity index (χ4n) is 2.79. The van der Waals surface area contributed by atoms with Gasteiger partial charge in [0.2, 0.25) is 5.91 Å². The molecule has 1 aliphatic rings. The minimum Gasteiger partial charge on any atom is -0.368 e. The Kier molecular flexibility index (Phi) is 7.26. The molecule has 124 valence electrons. The van der Waals surface area contributed by atoms with Crippen molar-refractivity contribution in [3.8, 4) is 0 Å². The minimum absolute atomic E-state index is 0. The van der Waals surface area contributed by atoms with E-state index in [0.29, 0.717) is 12.5 Å². The molecule has 8 nitrogen and oxygen atoms in total. The van der Waals surface area contributed by atoms with E-state index in [2.05, 4.69) is 15.6 Å². The molecule has 0 aromatic carbocycles. The molecule has 1 saturated carbocycles. The van der Waals surface area contributed by atoms with Gasteiger partial charge >= 0.3 is 0 Å². The van der Waals surface area contributed by atoms with Gasteiger partial charge in [-0.15, -0.1) is 17.5 Å². The molecule has 0 bridgehead atoms. The Balaban J connectivity index is 0.00000242. The van der Waals surface area contributed by atoms with Crippen LogP contribution in [0.2, 0.25) is 0 Å². The van der Waals surface area contributed by atoms with Gasteiger partial charge in [0.25, 0.3) is 5.91 Å². The molecule has 1 fully saturated rings. The molecular formula is C13H23ClN6O2. The monoisotopic (exact) mass is 330 g/mol. The maximum Gasteiger partial charge on any atom is 0.273 e. The third-order valence-electron chi connectivity index (χ3n) is 3.88. The van der Waals surface area contributed by atoms with Crippen LogP contribution in [-0.2, 0) is 11.3 Å². The first-order valence-electron chi connectivity index (χ1n) is 7.29. The molecule has 0 aliphatic heterocycles. The maximum absolute atomic E-state index is 12.2. The van der Waals surface area contributed by atoms with Gasteiger partial charge in [-0.05, 0) is 18.8 Å². The summed E-state index contributed by atoms with van der Waals surface area (Å²) in [7, 11) is 0. The molecule has 1 aromatic heterocycles. The highest BCUT2D eigenvalue weighted by Crippen LogP contribution is 2.26. The molecular weight excluding hydrogens is 308 g/mol. The summed E-state index contributed by atoms with van der Waals surface area (Å²) in [6, 6.07) is -0.0425. The first-order chi connectivity index (χ1) is 10.1. The van der Waals surface area contributed by atoms with E-state index < -0.39 is 5.91 Å². The van der Waals surface area contributed by atoms with Crippen molar-refractivity contribution < 1.29 is 9.59 Å². The number of halogens is 1. The van der Waals surface area contributed by atoms with Gasteiger partial charge in [-0.1, -0.05) is 24.5 Å². The Morgan fingerprint density at radius 3 is 2.64 bits per heavy atom. The molecule has 1 atom stereocenters. The van der Waals surface area contributed by atoms with Crippen molar-refractivity contribution in [1.29, 1.82) is 0 Å². The van der Waals surface area contributed by atoms with E-state index in [1.165, 1.54) is 30.1 Å². The summed E-state index contributed by atoms with van der Waals surface area (Å²) in [4.78, 5) is 23.0. The zero-order chi connectivity index (χ0) is 15.2. The van der Waals surface area contributed by atoms with Gasteiger partial charge in [-0.3, -0.25) is 9.59 Å². The van der Waals surface area contributed by atoms with Crippen LogP contribution in [0.5, 0.6) is 0 Å². The zero-order valence-electron chi connectivity index (χ0n) is 12.4. The van der Waals surface area contributed by atoms with Gasteiger partial charge in [0.05, 0.1) is 6.20 Å². The number of hydrogen-bond donors (Lipinski definition) is 3. The second-order valence-electron chi connectivity index (χ2n) is 5.48. The van der Waals surface area contributed by atoms with Gasteiger partial charge < -0.3 is 16.8 Å². The highest BCUT2D eigenvalue weighted by Gasteiger charge is 2.25. The standard InChI is InChI=1S/C13H22N6O2.ClH/c14-6-10(9-4-2-1-3-5-9)16-13(21)11-7-19(18-17-11)8-12(15)20;/h7,9-10H,1-6,8,14H2,(H2,15,20)(H,16,21);1H. The second-order valence-corrected chi connectivity index (χ2v) is 5.48. The first kappa shape index (κ1) is 18.4. The van der Waals surface area contributed by atoms with Crippen LogP contribution in [0.25, 0.3) is 0 Å². The van der Waals surface area contributed by atoms with Crippen molar-refractivity contribution >= 4 is 24.2 Å². The van der Waals surface area contributed by atoms with Crippen molar-refractivity contribution in [2.75, 3.05) is 6.54 Å². The summed E-state index contributed by atoms with van der Waals surface area (Å²) >= 11 is 0. The molecule has 1 aromatic rings.